The predicted octanol–water partition coefficient (Wildman–Crippen LogP) is 4.65. The molecule has 2 nitrogen and oxygen atoms in total. The first kappa shape index (κ1) is 18.6. The van der Waals surface area contributed by atoms with E-state index in [1.165, 1.54) is 6.08 Å². The zero-order chi connectivity index (χ0) is 15.3. The van der Waals surface area contributed by atoms with Crippen molar-refractivity contribution in [3.63, 3.8) is 0 Å². The van der Waals surface area contributed by atoms with Gasteiger partial charge in [-0.15, -0.1) is 0 Å². The molecule has 0 saturated carbocycles. The van der Waals surface area contributed by atoms with Crippen molar-refractivity contribution >= 4 is 29.2 Å². The fraction of sp³-hybridized carbons (Fsp3) is 0.750. The first-order valence-electron chi connectivity index (χ1n) is 5.72. The Bertz CT molecular complexity index is 336. The summed E-state index contributed by atoms with van der Waals surface area (Å²) in [5, 5.41) is 0. The maximum atomic E-state index is 12.4. The van der Waals surface area contributed by atoms with Crippen LogP contribution < -0.4 is 0 Å². The summed E-state index contributed by atoms with van der Waals surface area (Å²) in [4.78, 5) is 11.2. The number of carbonyl (C=O) groups is 1. The Morgan fingerprint density at radius 3 is 2.16 bits per heavy atom. The standard InChI is InChI=1S/C12H17Cl2F3O2/c1-4-19-9(18)5-6-10(2,3)7-8-11(13,14)12(15,16)17/h7-8H,4-6H2,1-3H3. The maximum absolute atomic E-state index is 12.4. The molecule has 0 radical (unpaired) electrons. The van der Waals surface area contributed by atoms with Gasteiger partial charge in [0.15, 0.2) is 0 Å². The molecule has 0 amide bonds. The maximum Gasteiger partial charge on any atom is 0.425 e. The van der Waals surface area contributed by atoms with Crippen molar-refractivity contribution in [2.75, 3.05) is 6.61 Å². The largest absolute Gasteiger partial charge is 0.466 e. The van der Waals surface area contributed by atoms with Crippen LogP contribution in [0, 0.1) is 5.41 Å². The summed E-state index contributed by atoms with van der Waals surface area (Å²) < 4.78 is 39.1. The molecule has 0 saturated heterocycles. The molecule has 7 heteroatoms. The zero-order valence-corrected chi connectivity index (χ0v) is 12.5. The number of hydrogen-bond acceptors (Lipinski definition) is 2. The Hall–Kier alpha value is -0.420. The molecule has 0 aromatic heterocycles. The van der Waals surface area contributed by atoms with Crippen molar-refractivity contribution in [1.29, 1.82) is 0 Å². The molecule has 0 unspecified atom stereocenters. The lowest BCUT2D eigenvalue weighted by atomic mass is 9.87. The van der Waals surface area contributed by atoms with E-state index >= 15 is 0 Å². The summed E-state index contributed by atoms with van der Waals surface area (Å²) in [5.74, 6) is -0.386. The first-order valence-corrected chi connectivity index (χ1v) is 6.47. The van der Waals surface area contributed by atoms with Crippen LogP contribution in [0.4, 0.5) is 13.2 Å². The van der Waals surface area contributed by atoms with E-state index < -0.39 is 15.9 Å². The van der Waals surface area contributed by atoms with Crippen LogP contribution in [0.25, 0.3) is 0 Å². The molecule has 0 N–H and O–H groups in total. The van der Waals surface area contributed by atoms with Crippen LogP contribution in [0.5, 0.6) is 0 Å². The van der Waals surface area contributed by atoms with E-state index in [1.54, 1.807) is 20.8 Å². The first-order chi connectivity index (χ1) is 8.41. The molecule has 0 aliphatic carbocycles. The van der Waals surface area contributed by atoms with Crippen LogP contribution in [0.3, 0.4) is 0 Å². The van der Waals surface area contributed by atoms with E-state index in [0.717, 1.165) is 0 Å². The van der Waals surface area contributed by atoms with Gasteiger partial charge in [0.05, 0.1) is 6.61 Å². The average Bonchev–Trinajstić information content (AvgIpc) is 2.23. The van der Waals surface area contributed by atoms with Crippen LogP contribution >= 0.6 is 23.2 Å². The van der Waals surface area contributed by atoms with Gasteiger partial charge in [0.25, 0.3) is 0 Å². The number of halogens is 5. The van der Waals surface area contributed by atoms with Crippen LogP contribution in [0.15, 0.2) is 12.2 Å². The molecule has 0 rings (SSSR count). The summed E-state index contributed by atoms with van der Waals surface area (Å²) >= 11 is 10.4. The number of rotatable bonds is 6. The molecule has 0 atom stereocenters. The lowest BCUT2D eigenvalue weighted by molar-refractivity contribution is -0.143. The Labute approximate surface area is 120 Å². The number of ether oxygens (including phenoxy) is 1. The highest BCUT2D eigenvalue weighted by Gasteiger charge is 2.50. The van der Waals surface area contributed by atoms with E-state index in [9.17, 15) is 18.0 Å². The molecule has 0 spiro atoms. The van der Waals surface area contributed by atoms with Crippen molar-refractivity contribution in [2.24, 2.45) is 5.41 Å². The van der Waals surface area contributed by atoms with Gasteiger partial charge in [-0.3, -0.25) is 4.79 Å². The summed E-state index contributed by atoms with van der Waals surface area (Å²) in [6.45, 7) is 5.32. The van der Waals surface area contributed by atoms with Crippen molar-refractivity contribution in [2.45, 2.75) is 44.1 Å². The molecular formula is C12H17Cl2F3O2. The van der Waals surface area contributed by atoms with Gasteiger partial charge in [0, 0.05) is 6.42 Å². The Morgan fingerprint density at radius 1 is 1.21 bits per heavy atom. The average molecular weight is 321 g/mol. The third kappa shape index (κ3) is 7.06. The minimum atomic E-state index is -4.75. The topological polar surface area (TPSA) is 26.3 Å². The second-order valence-corrected chi connectivity index (χ2v) is 6.13. The van der Waals surface area contributed by atoms with Gasteiger partial charge in [0.1, 0.15) is 0 Å². The van der Waals surface area contributed by atoms with E-state index in [1.807, 2.05) is 0 Å². The second kappa shape index (κ2) is 6.84. The minimum Gasteiger partial charge on any atom is -0.466 e. The van der Waals surface area contributed by atoms with Gasteiger partial charge in [-0.1, -0.05) is 43.1 Å². The van der Waals surface area contributed by atoms with Crippen LogP contribution in [-0.2, 0) is 9.53 Å². The van der Waals surface area contributed by atoms with E-state index in [-0.39, 0.29) is 19.0 Å². The molecule has 0 aromatic rings. The second-order valence-electron chi connectivity index (χ2n) is 4.75. The van der Waals surface area contributed by atoms with Crippen LogP contribution in [0.2, 0.25) is 0 Å². The molecular weight excluding hydrogens is 304 g/mol. The number of hydrogen-bond donors (Lipinski definition) is 0. The molecule has 0 aliphatic rings. The molecule has 0 fully saturated rings. The predicted molar refractivity (Wildman–Crippen MR) is 69.3 cm³/mol. The third-order valence-corrected chi connectivity index (χ3v) is 3.08. The van der Waals surface area contributed by atoms with Gasteiger partial charge in [-0.2, -0.15) is 13.2 Å². The van der Waals surface area contributed by atoms with Crippen molar-refractivity contribution < 1.29 is 22.7 Å². The van der Waals surface area contributed by atoms with E-state index in [2.05, 4.69) is 0 Å². The van der Waals surface area contributed by atoms with Crippen molar-refractivity contribution in [3.8, 4) is 0 Å². The van der Waals surface area contributed by atoms with Gasteiger partial charge in [-0.25, -0.2) is 0 Å². The summed E-state index contributed by atoms with van der Waals surface area (Å²) in [5.41, 5.74) is -0.646. The van der Waals surface area contributed by atoms with Gasteiger partial charge < -0.3 is 4.74 Å². The molecule has 0 heterocycles. The molecule has 0 bridgehead atoms. The molecule has 0 aliphatic heterocycles. The van der Waals surface area contributed by atoms with E-state index in [4.69, 9.17) is 27.9 Å². The Balaban J connectivity index is 4.56. The number of carbonyl (C=O) groups excluding carboxylic acids is 1. The fourth-order valence-corrected chi connectivity index (χ4v) is 1.29. The molecule has 19 heavy (non-hydrogen) atoms. The number of esters is 1. The van der Waals surface area contributed by atoms with Crippen molar-refractivity contribution in [1.82, 2.24) is 0 Å². The summed E-state index contributed by atoms with van der Waals surface area (Å²) in [7, 11) is 0. The lowest BCUT2D eigenvalue weighted by Crippen LogP contribution is -2.32. The van der Waals surface area contributed by atoms with E-state index in [0.29, 0.717) is 12.5 Å². The minimum absolute atomic E-state index is 0.120. The quantitative estimate of drug-likeness (QED) is 0.404. The zero-order valence-electron chi connectivity index (χ0n) is 11.0. The third-order valence-electron chi connectivity index (χ3n) is 2.40. The van der Waals surface area contributed by atoms with Gasteiger partial charge in [0.2, 0.25) is 4.33 Å². The number of allylic oxidation sites excluding steroid dienone is 2. The SMILES string of the molecule is CCOC(=O)CCC(C)(C)C=CC(Cl)(Cl)C(F)(F)F. The van der Waals surface area contributed by atoms with Crippen LogP contribution in [-0.4, -0.2) is 23.1 Å². The molecule has 0 aromatic carbocycles. The Morgan fingerprint density at radius 2 is 1.74 bits per heavy atom. The molecule has 112 valence electrons. The van der Waals surface area contributed by atoms with Crippen LogP contribution in [0.1, 0.15) is 33.6 Å². The smallest absolute Gasteiger partial charge is 0.425 e. The fourth-order valence-electron chi connectivity index (χ4n) is 1.17. The van der Waals surface area contributed by atoms with Crippen molar-refractivity contribution in [3.05, 3.63) is 12.2 Å². The number of alkyl halides is 5. The van der Waals surface area contributed by atoms with Gasteiger partial charge >= 0.3 is 12.1 Å². The summed E-state index contributed by atoms with van der Waals surface area (Å²) in [6, 6.07) is 0. The normalized spacial score (nSPS) is 13.9. The lowest BCUT2D eigenvalue weighted by Gasteiger charge is -2.23. The monoisotopic (exact) mass is 320 g/mol. The van der Waals surface area contributed by atoms with Gasteiger partial charge in [-0.05, 0) is 24.8 Å². The highest BCUT2D eigenvalue weighted by molar-refractivity contribution is 6.50. The highest BCUT2D eigenvalue weighted by Crippen LogP contribution is 2.42. The summed E-state index contributed by atoms with van der Waals surface area (Å²) in [6.07, 6.45) is -2.33. The highest BCUT2D eigenvalue weighted by atomic mass is 35.5. The Kier molecular flexibility index (Phi) is 6.69.